The molecule has 1 atom stereocenters. The molecule has 21 heavy (non-hydrogen) atoms. The molecule has 0 spiro atoms. The molecule has 0 aromatic heterocycles. The zero-order valence-electron chi connectivity index (χ0n) is 11.7. The van der Waals surface area contributed by atoms with E-state index in [0.29, 0.717) is 0 Å². The third-order valence-electron chi connectivity index (χ3n) is 3.69. The van der Waals surface area contributed by atoms with Gasteiger partial charge >= 0.3 is 0 Å². The van der Waals surface area contributed by atoms with Gasteiger partial charge in [-0.2, -0.15) is 0 Å². The highest BCUT2D eigenvalue weighted by molar-refractivity contribution is 7.19. The van der Waals surface area contributed by atoms with Gasteiger partial charge in [0.25, 0.3) is 0 Å². The number of hydrogen-bond acceptors (Lipinski definition) is 0. The predicted octanol–water partition coefficient (Wildman–Crippen LogP) is 1.32. The first-order valence-electron chi connectivity index (χ1n) is 6.77. The smallest absolute Gasteiger partial charge is 0.117 e. The van der Waals surface area contributed by atoms with Crippen LogP contribution in [0.5, 0.6) is 0 Å². The molecule has 0 aliphatic rings. The second kappa shape index (κ2) is 7.20. The highest BCUT2D eigenvalue weighted by Gasteiger charge is 2.30. The minimum absolute atomic E-state index is 0. The summed E-state index contributed by atoms with van der Waals surface area (Å²) in [4.78, 5) is 0. The summed E-state index contributed by atoms with van der Waals surface area (Å²) in [7, 11) is 3.06. The molecular weight excluding hydrogens is 386 g/mol. The molecular formula is C19H19IP+. The number of benzene rings is 3. The van der Waals surface area contributed by atoms with Gasteiger partial charge in [-0.25, -0.2) is 0 Å². The minimum atomic E-state index is -0.205. The molecule has 0 aliphatic heterocycles. The van der Waals surface area contributed by atoms with Crippen LogP contribution in [-0.2, 0) is 5.16 Å². The van der Waals surface area contributed by atoms with Crippen LogP contribution in [0.1, 0.15) is 16.7 Å². The molecule has 0 nitrogen and oxygen atoms in total. The van der Waals surface area contributed by atoms with Gasteiger partial charge in [-0.1, -0.05) is 91.0 Å². The van der Waals surface area contributed by atoms with Crippen molar-refractivity contribution in [1.82, 2.24) is 0 Å². The molecule has 0 heterocycles. The van der Waals surface area contributed by atoms with Crippen molar-refractivity contribution in [2.24, 2.45) is 0 Å². The van der Waals surface area contributed by atoms with Gasteiger partial charge in [0.1, 0.15) is 0 Å². The molecule has 0 N–H and O–H groups in total. The van der Waals surface area contributed by atoms with Gasteiger partial charge in [-0.3, -0.25) is 0 Å². The average Bonchev–Trinajstić information content (AvgIpc) is 2.56. The molecule has 0 fully saturated rings. The van der Waals surface area contributed by atoms with E-state index in [0.717, 1.165) is 0 Å². The third kappa shape index (κ3) is 3.20. The van der Waals surface area contributed by atoms with Crippen molar-refractivity contribution in [2.75, 3.05) is 0 Å². The lowest BCUT2D eigenvalue weighted by Gasteiger charge is -2.31. The lowest BCUT2D eigenvalue weighted by Crippen LogP contribution is -3.00. The second-order valence-electron chi connectivity index (χ2n) is 4.91. The van der Waals surface area contributed by atoms with Crippen molar-refractivity contribution in [2.45, 2.75) is 5.16 Å². The van der Waals surface area contributed by atoms with Crippen molar-refractivity contribution < 1.29 is 24.0 Å². The van der Waals surface area contributed by atoms with Gasteiger partial charge in [0, 0.05) is 0 Å². The first kappa shape index (κ1) is 16.2. The van der Waals surface area contributed by atoms with Gasteiger partial charge in [-0.05, 0) is 16.7 Å². The monoisotopic (exact) mass is 405 g/mol. The standard InChI is InChI=1S/C19H17P.H2I/c20-19(16-10-4-1-5-11-16,17-12-6-2-7-13-17)18-14-8-3-9-15-18;/h1-15H,20H2;1H2/q;+1. The molecule has 0 radical (unpaired) electrons. The SMILES string of the molecule is PC(c1ccccc1)(c1ccccc1)c1ccccc1.[IH2+]. The van der Waals surface area contributed by atoms with Crippen LogP contribution in [0.25, 0.3) is 0 Å². The summed E-state index contributed by atoms with van der Waals surface area (Å²) in [5, 5.41) is -0.205. The van der Waals surface area contributed by atoms with Crippen molar-refractivity contribution >= 4 is 9.24 Å². The van der Waals surface area contributed by atoms with Crippen LogP contribution in [0.3, 0.4) is 0 Å². The lowest BCUT2D eigenvalue weighted by atomic mass is 9.84. The van der Waals surface area contributed by atoms with Crippen molar-refractivity contribution in [3.63, 3.8) is 0 Å². The van der Waals surface area contributed by atoms with Gasteiger partial charge in [0.05, 0.1) is 5.16 Å². The molecule has 3 aromatic carbocycles. The van der Waals surface area contributed by atoms with E-state index >= 15 is 0 Å². The van der Waals surface area contributed by atoms with E-state index in [1.54, 1.807) is 0 Å². The van der Waals surface area contributed by atoms with Crippen LogP contribution < -0.4 is 24.0 Å². The van der Waals surface area contributed by atoms with Crippen molar-refractivity contribution in [3.05, 3.63) is 108 Å². The Kier molecular flexibility index (Phi) is 5.55. The predicted molar refractivity (Wildman–Crippen MR) is 91.7 cm³/mol. The summed E-state index contributed by atoms with van der Waals surface area (Å²) in [6, 6.07) is 31.9. The molecule has 0 aliphatic carbocycles. The molecule has 3 rings (SSSR count). The van der Waals surface area contributed by atoms with Crippen LogP contribution in [0.2, 0.25) is 0 Å². The van der Waals surface area contributed by atoms with Crippen LogP contribution in [-0.4, -0.2) is 0 Å². The molecule has 0 saturated carbocycles. The fraction of sp³-hybridized carbons (Fsp3) is 0.0526. The van der Waals surface area contributed by atoms with Gasteiger partial charge in [0.2, 0.25) is 24.0 Å². The van der Waals surface area contributed by atoms with Crippen LogP contribution >= 0.6 is 9.24 Å². The van der Waals surface area contributed by atoms with Crippen LogP contribution in [0.15, 0.2) is 91.0 Å². The first-order valence-corrected chi connectivity index (χ1v) is 7.35. The maximum atomic E-state index is 3.06. The molecule has 0 bridgehead atoms. The second-order valence-corrected chi connectivity index (χ2v) is 5.77. The Morgan fingerprint density at radius 2 is 0.714 bits per heavy atom. The Hall–Kier alpha value is -1.18. The fourth-order valence-corrected chi connectivity index (χ4v) is 3.18. The minimum Gasteiger partial charge on any atom is -0.117 e. The van der Waals surface area contributed by atoms with Gasteiger partial charge < -0.3 is 0 Å². The average molecular weight is 405 g/mol. The van der Waals surface area contributed by atoms with Gasteiger partial charge in [-0.15, -0.1) is 9.24 Å². The van der Waals surface area contributed by atoms with E-state index in [9.17, 15) is 0 Å². The summed E-state index contributed by atoms with van der Waals surface area (Å²) < 4.78 is 0. The summed E-state index contributed by atoms with van der Waals surface area (Å²) >= 11 is 0. The lowest BCUT2D eigenvalue weighted by molar-refractivity contribution is -0.00000378. The van der Waals surface area contributed by atoms with Crippen LogP contribution in [0, 0.1) is 0 Å². The van der Waals surface area contributed by atoms with Crippen molar-refractivity contribution in [3.8, 4) is 0 Å². The Morgan fingerprint density at radius 1 is 0.476 bits per heavy atom. The maximum absolute atomic E-state index is 3.06. The maximum Gasteiger partial charge on any atom is 0.235 e. The van der Waals surface area contributed by atoms with E-state index in [4.69, 9.17) is 0 Å². The molecule has 0 saturated heterocycles. The topological polar surface area (TPSA) is 0 Å². The molecule has 1 unspecified atom stereocenters. The van der Waals surface area contributed by atoms with E-state index in [-0.39, 0.29) is 29.1 Å². The number of halogens is 1. The highest BCUT2D eigenvalue weighted by Crippen LogP contribution is 2.44. The molecule has 106 valence electrons. The summed E-state index contributed by atoms with van der Waals surface area (Å²) in [6.45, 7) is 0. The van der Waals surface area contributed by atoms with E-state index in [1.165, 1.54) is 16.7 Å². The zero-order valence-corrected chi connectivity index (χ0v) is 15.4. The van der Waals surface area contributed by atoms with E-state index in [1.807, 2.05) is 0 Å². The van der Waals surface area contributed by atoms with Crippen LogP contribution in [0.4, 0.5) is 0 Å². The Morgan fingerprint density at radius 3 is 0.952 bits per heavy atom. The Labute approximate surface area is 145 Å². The largest absolute Gasteiger partial charge is 0.235 e. The fourth-order valence-electron chi connectivity index (χ4n) is 2.60. The quantitative estimate of drug-likeness (QED) is 0.351. The molecule has 3 aromatic rings. The molecule has 0 amide bonds. The highest BCUT2D eigenvalue weighted by atomic mass is 127. The summed E-state index contributed by atoms with van der Waals surface area (Å²) in [6.07, 6.45) is 0. The first-order chi connectivity index (χ1) is 9.82. The molecule has 2 heteroatoms. The normalized spacial score (nSPS) is 10.7. The third-order valence-corrected chi connectivity index (χ3v) is 4.69. The number of rotatable bonds is 3. The van der Waals surface area contributed by atoms with E-state index < -0.39 is 0 Å². The Bertz CT molecular complexity index is 569. The van der Waals surface area contributed by atoms with Crippen molar-refractivity contribution in [1.29, 1.82) is 0 Å². The Balaban J connectivity index is 0.00000161. The zero-order chi connectivity index (χ0) is 13.8. The number of hydrogen-bond donors (Lipinski definition) is 0. The summed E-state index contributed by atoms with van der Waals surface area (Å²) in [5.74, 6) is 0. The van der Waals surface area contributed by atoms with E-state index in [2.05, 4.69) is 100 Å². The van der Waals surface area contributed by atoms with Gasteiger partial charge in [0.15, 0.2) is 0 Å². The summed E-state index contributed by atoms with van der Waals surface area (Å²) in [5.41, 5.74) is 3.84.